The number of amides is 1. The first-order valence-corrected chi connectivity index (χ1v) is 10.5. The van der Waals surface area contributed by atoms with Crippen LogP contribution in [0.25, 0.3) is 17.2 Å². The van der Waals surface area contributed by atoms with Gasteiger partial charge in [0, 0.05) is 6.42 Å². The van der Waals surface area contributed by atoms with Crippen LogP contribution in [-0.4, -0.2) is 52.7 Å². The predicted molar refractivity (Wildman–Crippen MR) is 114 cm³/mol. The molecular formula is C22H16F5N7O2. The number of nitrogens with one attached hydrogen (secondary N) is 1. The van der Waals surface area contributed by atoms with Crippen LogP contribution in [0.3, 0.4) is 0 Å². The fraction of sp³-hybridized carbons (Fsp3) is 0.273. The summed E-state index contributed by atoms with van der Waals surface area (Å²) < 4.78 is 66.1. The molecule has 1 amide bonds. The van der Waals surface area contributed by atoms with Crippen molar-refractivity contribution in [3.05, 3.63) is 59.7 Å². The topological polar surface area (TPSA) is 118 Å². The van der Waals surface area contributed by atoms with E-state index in [0.717, 1.165) is 10.8 Å². The van der Waals surface area contributed by atoms with Gasteiger partial charge in [-0.1, -0.05) is 30.3 Å². The molecule has 1 aromatic carbocycles. The summed E-state index contributed by atoms with van der Waals surface area (Å²) >= 11 is 0. The van der Waals surface area contributed by atoms with Gasteiger partial charge in [-0.3, -0.25) is 4.79 Å². The van der Waals surface area contributed by atoms with E-state index in [9.17, 15) is 31.9 Å². The third-order valence-corrected chi connectivity index (χ3v) is 6.08. The third kappa shape index (κ3) is 3.60. The summed E-state index contributed by atoms with van der Waals surface area (Å²) in [4.78, 5) is 29.3. The second-order valence-electron chi connectivity index (χ2n) is 8.34. The van der Waals surface area contributed by atoms with Gasteiger partial charge < -0.3 is 10.4 Å². The maximum absolute atomic E-state index is 13.5. The number of hydrogen-bond donors (Lipinski definition) is 2. The van der Waals surface area contributed by atoms with Crippen molar-refractivity contribution in [2.24, 2.45) is 0 Å². The number of carbonyl (C=O) groups is 1. The van der Waals surface area contributed by atoms with Crippen LogP contribution in [0.1, 0.15) is 30.2 Å². The first kappa shape index (κ1) is 23.5. The number of benzene rings is 1. The van der Waals surface area contributed by atoms with E-state index >= 15 is 0 Å². The SMILES string of the molecule is CC1(c2ccccc2)C(=O)Nc2nc(-c3cn4ncnc4c(CCC(F)(F)C(F)(F)F)n3)nc(O)c21. The van der Waals surface area contributed by atoms with Crippen LogP contribution in [0.15, 0.2) is 42.9 Å². The van der Waals surface area contributed by atoms with Crippen molar-refractivity contribution in [3.63, 3.8) is 0 Å². The summed E-state index contributed by atoms with van der Waals surface area (Å²) in [7, 11) is 0. The molecule has 1 aliphatic heterocycles. The van der Waals surface area contributed by atoms with Gasteiger partial charge in [-0.2, -0.15) is 32.0 Å². The normalized spacial score (nSPS) is 17.9. The minimum Gasteiger partial charge on any atom is -0.493 e. The molecule has 0 aliphatic carbocycles. The number of carbonyl (C=O) groups excluding carboxylic acids is 1. The van der Waals surface area contributed by atoms with Crippen molar-refractivity contribution >= 4 is 17.4 Å². The first-order valence-electron chi connectivity index (χ1n) is 10.5. The first-order chi connectivity index (χ1) is 16.9. The van der Waals surface area contributed by atoms with Gasteiger partial charge in [0.2, 0.25) is 11.8 Å². The van der Waals surface area contributed by atoms with E-state index in [0.29, 0.717) is 5.56 Å². The highest BCUT2D eigenvalue weighted by Gasteiger charge is 2.56. The minimum absolute atomic E-state index is 0.0134. The summed E-state index contributed by atoms with van der Waals surface area (Å²) in [6.07, 6.45) is -5.69. The molecule has 0 saturated carbocycles. The van der Waals surface area contributed by atoms with Gasteiger partial charge in [-0.15, -0.1) is 0 Å². The summed E-state index contributed by atoms with van der Waals surface area (Å²) in [6.45, 7) is 1.60. The van der Waals surface area contributed by atoms with Gasteiger partial charge in [0.1, 0.15) is 23.3 Å². The van der Waals surface area contributed by atoms with E-state index in [2.05, 4.69) is 30.4 Å². The number of alkyl halides is 5. The molecule has 2 N–H and O–H groups in total. The van der Waals surface area contributed by atoms with Gasteiger partial charge in [-0.05, 0) is 18.9 Å². The summed E-state index contributed by atoms with van der Waals surface area (Å²) in [5.41, 5.74) is -0.879. The highest BCUT2D eigenvalue weighted by molar-refractivity contribution is 6.08. The second kappa shape index (κ2) is 7.90. The number of hydrogen-bond acceptors (Lipinski definition) is 7. The van der Waals surface area contributed by atoms with Crippen LogP contribution in [0.4, 0.5) is 27.8 Å². The van der Waals surface area contributed by atoms with E-state index in [-0.39, 0.29) is 34.2 Å². The fourth-order valence-corrected chi connectivity index (χ4v) is 4.09. The number of fused-ring (bicyclic) bond motifs is 2. The van der Waals surface area contributed by atoms with Crippen molar-refractivity contribution in [2.45, 2.75) is 37.3 Å². The molecule has 5 rings (SSSR count). The summed E-state index contributed by atoms with van der Waals surface area (Å²) in [5.74, 6) is -6.11. The molecule has 0 bridgehead atoms. The van der Waals surface area contributed by atoms with Crippen molar-refractivity contribution in [3.8, 4) is 17.4 Å². The molecule has 1 atom stereocenters. The Kier molecular flexibility index (Phi) is 5.16. The largest absolute Gasteiger partial charge is 0.493 e. The van der Waals surface area contributed by atoms with E-state index in [4.69, 9.17) is 0 Å². The van der Waals surface area contributed by atoms with E-state index in [1.165, 1.54) is 6.20 Å². The Balaban J connectivity index is 1.57. The smallest absolute Gasteiger partial charge is 0.453 e. The van der Waals surface area contributed by atoms with Gasteiger partial charge in [0.15, 0.2) is 11.5 Å². The lowest BCUT2D eigenvalue weighted by Gasteiger charge is -2.22. The van der Waals surface area contributed by atoms with Gasteiger partial charge in [0.05, 0.1) is 17.5 Å². The molecule has 4 heterocycles. The molecule has 0 radical (unpaired) electrons. The molecule has 186 valence electrons. The average Bonchev–Trinajstić information content (AvgIpc) is 3.40. The Bertz CT molecular complexity index is 1490. The number of aromatic hydroxyl groups is 1. The summed E-state index contributed by atoms with van der Waals surface area (Å²) in [5, 5.41) is 17.3. The Hall–Kier alpha value is -4.23. The number of aryl methyl sites for hydroxylation is 1. The maximum atomic E-state index is 13.5. The standard InChI is InChI=1S/C22H16F5N7O2/c1-20(11-5-3-2-4-6-11)14-16(33-19(20)36)31-15(32-18(14)35)13-9-34-17(28-10-29-34)12(30-13)7-8-21(23,24)22(25,26)27/h2-6,9-10H,7-8H2,1H3,(H2,31,32,33,35,36). The van der Waals surface area contributed by atoms with Crippen LogP contribution < -0.4 is 5.32 Å². The van der Waals surface area contributed by atoms with Gasteiger partial charge >= 0.3 is 12.1 Å². The number of anilines is 1. The zero-order valence-corrected chi connectivity index (χ0v) is 18.4. The van der Waals surface area contributed by atoms with Crippen molar-refractivity contribution in [2.75, 3.05) is 5.32 Å². The molecule has 3 aromatic heterocycles. The molecule has 1 unspecified atom stereocenters. The zero-order chi connectivity index (χ0) is 25.9. The molecule has 36 heavy (non-hydrogen) atoms. The number of aromatic nitrogens is 6. The Morgan fingerprint density at radius 1 is 1.08 bits per heavy atom. The van der Waals surface area contributed by atoms with Crippen molar-refractivity contribution in [1.29, 1.82) is 0 Å². The van der Waals surface area contributed by atoms with Crippen molar-refractivity contribution < 1.29 is 31.9 Å². The minimum atomic E-state index is -5.72. The van der Waals surface area contributed by atoms with Crippen molar-refractivity contribution in [1.82, 2.24) is 29.5 Å². The highest BCUT2D eigenvalue weighted by atomic mass is 19.4. The quantitative estimate of drug-likeness (QED) is 0.398. The number of rotatable bonds is 5. The fourth-order valence-electron chi connectivity index (χ4n) is 4.09. The monoisotopic (exact) mass is 505 g/mol. The highest BCUT2D eigenvalue weighted by Crippen LogP contribution is 2.46. The maximum Gasteiger partial charge on any atom is 0.453 e. The lowest BCUT2D eigenvalue weighted by atomic mass is 9.78. The van der Waals surface area contributed by atoms with Crippen LogP contribution in [-0.2, 0) is 16.6 Å². The molecule has 0 fully saturated rings. The zero-order valence-electron chi connectivity index (χ0n) is 18.4. The molecule has 4 aromatic rings. The number of nitrogens with zero attached hydrogens (tertiary/aromatic N) is 6. The summed E-state index contributed by atoms with van der Waals surface area (Å²) in [6, 6.07) is 8.67. The Labute approximate surface area is 199 Å². The van der Waals surface area contributed by atoms with E-state index < -0.39 is 42.1 Å². The van der Waals surface area contributed by atoms with Gasteiger partial charge in [-0.25, -0.2) is 19.5 Å². The van der Waals surface area contributed by atoms with E-state index in [1.54, 1.807) is 37.3 Å². The molecule has 1 aliphatic rings. The Morgan fingerprint density at radius 3 is 2.50 bits per heavy atom. The average molecular weight is 505 g/mol. The van der Waals surface area contributed by atoms with Crippen LogP contribution >= 0.6 is 0 Å². The van der Waals surface area contributed by atoms with Crippen LogP contribution in [0.5, 0.6) is 5.88 Å². The van der Waals surface area contributed by atoms with Crippen LogP contribution in [0, 0.1) is 0 Å². The molecule has 9 nitrogen and oxygen atoms in total. The number of halogens is 5. The third-order valence-electron chi connectivity index (χ3n) is 6.08. The second-order valence-corrected chi connectivity index (χ2v) is 8.34. The molecular weight excluding hydrogens is 489 g/mol. The molecule has 0 spiro atoms. The van der Waals surface area contributed by atoms with E-state index in [1.807, 2.05) is 0 Å². The molecule has 0 saturated heterocycles. The van der Waals surface area contributed by atoms with Gasteiger partial charge in [0.25, 0.3) is 0 Å². The lowest BCUT2D eigenvalue weighted by molar-refractivity contribution is -0.284. The van der Waals surface area contributed by atoms with Crippen LogP contribution in [0.2, 0.25) is 0 Å². The Morgan fingerprint density at radius 2 is 1.81 bits per heavy atom. The predicted octanol–water partition coefficient (Wildman–Crippen LogP) is 3.68. The lowest BCUT2D eigenvalue weighted by Crippen LogP contribution is -2.36. The molecule has 14 heteroatoms.